The summed E-state index contributed by atoms with van der Waals surface area (Å²) in [5.74, 6) is -1.88. The molecule has 0 radical (unpaired) electrons. The second-order valence-corrected chi connectivity index (χ2v) is 3.04. The third kappa shape index (κ3) is 2.43. The number of primary amides is 1. The van der Waals surface area contributed by atoms with Crippen molar-refractivity contribution in [2.45, 2.75) is 6.92 Å². The number of carbonyl (C=O) groups excluding carboxylic acids is 1. The molecule has 1 aromatic carbocycles. The molecule has 0 aliphatic heterocycles. The zero-order valence-electron chi connectivity index (χ0n) is 8.23. The topological polar surface area (TPSA) is 80.4 Å². The highest BCUT2D eigenvalue weighted by Gasteiger charge is 2.16. The van der Waals surface area contributed by atoms with Crippen LogP contribution in [-0.2, 0) is 9.59 Å². The summed E-state index contributed by atoms with van der Waals surface area (Å²) in [5, 5.41) is 8.98. The maximum Gasteiger partial charge on any atom is 0.336 e. The van der Waals surface area contributed by atoms with Gasteiger partial charge in [-0.05, 0) is 12.5 Å². The SMILES string of the molecule is C/C(C(N)=O)=C(\C(=O)O)c1ccccc1. The third-order valence-corrected chi connectivity index (χ3v) is 2.02. The molecule has 0 fully saturated rings. The van der Waals surface area contributed by atoms with E-state index in [1.54, 1.807) is 30.3 Å². The number of hydrogen-bond donors (Lipinski definition) is 2. The van der Waals surface area contributed by atoms with E-state index in [1.165, 1.54) is 6.92 Å². The predicted molar refractivity (Wildman–Crippen MR) is 55.9 cm³/mol. The average Bonchev–Trinajstić information content (AvgIpc) is 2.18. The summed E-state index contributed by atoms with van der Waals surface area (Å²) in [6.45, 7) is 1.40. The molecule has 0 aromatic heterocycles. The first kappa shape index (κ1) is 11.0. The minimum atomic E-state index is -1.16. The quantitative estimate of drug-likeness (QED) is 0.723. The number of hydrogen-bond acceptors (Lipinski definition) is 2. The molecular formula is C11H11NO3. The molecule has 15 heavy (non-hydrogen) atoms. The van der Waals surface area contributed by atoms with Crippen LogP contribution in [0.25, 0.3) is 5.57 Å². The first-order chi connectivity index (χ1) is 7.04. The van der Waals surface area contributed by atoms with Gasteiger partial charge in [0, 0.05) is 5.57 Å². The lowest BCUT2D eigenvalue weighted by Gasteiger charge is -2.05. The van der Waals surface area contributed by atoms with E-state index in [2.05, 4.69) is 0 Å². The molecule has 1 amide bonds. The minimum Gasteiger partial charge on any atom is -0.478 e. The first-order valence-corrected chi connectivity index (χ1v) is 4.33. The van der Waals surface area contributed by atoms with Crippen molar-refractivity contribution in [3.63, 3.8) is 0 Å². The third-order valence-electron chi connectivity index (χ3n) is 2.02. The van der Waals surface area contributed by atoms with Gasteiger partial charge in [-0.1, -0.05) is 30.3 Å². The number of amides is 1. The first-order valence-electron chi connectivity index (χ1n) is 4.33. The molecule has 0 saturated heterocycles. The van der Waals surface area contributed by atoms with Crippen LogP contribution in [0.15, 0.2) is 35.9 Å². The molecule has 0 aliphatic rings. The van der Waals surface area contributed by atoms with E-state index in [1.807, 2.05) is 0 Å². The lowest BCUT2D eigenvalue weighted by molar-refractivity contribution is -0.130. The molecule has 0 unspecified atom stereocenters. The van der Waals surface area contributed by atoms with Crippen molar-refractivity contribution in [1.82, 2.24) is 0 Å². The molecule has 0 heterocycles. The van der Waals surface area contributed by atoms with E-state index in [-0.39, 0.29) is 11.1 Å². The van der Waals surface area contributed by atoms with Gasteiger partial charge in [0.1, 0.15) is 0 Å². The summed E-state index contributed by atoms with van der Waals surface area (Å²) in [7, 11) is 0. The standard InChI is InChI=1S/C11H11NO3/c1-7(10(12)13)9(11(14)15)8-5-3-2-4-6-8/h2-6H,1H3,(H2,12,13)(H,14,15)/b9-7+. The molecule has 1 rings (SSSR count). The summed E-state index contributed by atoms with van der Waals surface area (Å²) >= 11 is 0. The maximum atomic E-state index is 11.0. The summed E-state index contributed by atoms with van der Waals surface area (Å²) in [4.78, 5) is 21.9. The number of carbonyl (C=O) groups is 2. The van der Waals surface area contributed by atoms with E-state index in [4.69, 9.17) is 10.8 Å². The van der Waals surface area contributed by atoms with Crippen LogP contribution < -0.4 is 5.73 Å². The molecule has 78 valence electrons. The smallest absolute Gasteiger partial charge is 0.336 e. The molecule has 1 aromatic rings. The Morgan fingerprint density at radius 2 is 1.73 bits per heavy atom. The van der Waals surface area contributed by atoms with Gasteiger partial charge in [-0.2, -0.15) is 0 Å². The number of rotatable bonds is 3. The highest BCUT2D eigenvalue weighted by Crippen LogP contribution is 2.18. The van der Waals surface area contributed by atoms with Gasteiger partial charge in [0.15, 0.2) is 0 Å². The molecular weight excluding hydrogens is 194 g/mol. The van der Waals surface area contributed by atoms with Crippen LogP contribution in [0.2, 0.25) is 0 Å². The Balaban J connectivity index is 3.34. The van der Waals surface area contributed by atoms with Crippen LogP contribution in [0.1, 0.15) is 12.5 Å². The number of benzene rings is 1. The number of nitrogens with two attached hydrogens (primary N) is 1. The van der Waals surface area contributed by atoms with Crippen molar-refractivity contribution in [2.75, 3.05) is 0 Å². The van der Waals surface area contributed by atoms with Crippen LogP contribution in [0.5, 0.6) is 0 Å². The molecule has 0 bridgehead atoms. The molecule has 0 atom stereocenters. The van der Waals surface area contributed by atoms with Gasteiger partial charge in [-0.25, -0.2) is 4.79 Å². The van der Waals surface area contributed by atoms with Crippen LogP contribution in [-0.4, -0.2) is 17.0 Å². The summed E-state index contributed by atoms with van der Waals surface area (Å²) in [6.07, 6.45) is 0. The summed E-state index contributed by atoms with van der Waals surface area (Å²) in [5.41, 5.74) is 5.52. The number of carboxylic acids is 1. The van der Waals surface area contributed by atoms with E-state index in [9.17, 15) is 9.59 Å². The van der Waals surface area contributed by atoms with Crippen molar-refractivity contribution in [2.24, 2.45) is 5.73 Å². The Morgan fingerprint density at radius 1 is 1.20 bits per heavy atom. The largest absolute Gasteiger partial charge is 0.478 e. The maximum absolute atomic E-state index is 11.0. The second kappa shape index (κ2) is 4.41. The predicted octanol–water partition coefficient (Wildman–Crippen LogP) is 1.03. The van der Waals surface area contributed by atoms with Crippen molar-refractivity contribution in [3.05, 3.63) is 41.5 Å². The fourth-order valence-corrected chi connectivity index (χ4v) is 1.23. The van der Waals surface area contributed by atoms with Crippen molar-refractivity contribution >= 4 is 17.4 Å². The van der Waals surface area contributed by atoms with Crippen molar-refractivity contribution in [3.8, 4) is 0 Å². The molecule has 3 N–H and O–H groups in total. The van der Waals surface area contributed by atoms with Gasteiger partial charge in [0.2, 0.25) is 5.91 Å². The monoisotopic (exact) mass is 205 g/mol. The molecule has 0 saturated carbocycles. The minimum absolute atomic E-state index is 0.0497. The van der Waals surface area contributed by atoms with Gasteiger partial charge >= 0.3 is 5.97 Å². The fourth-order valence-electron chi connectivity index (χ4n) is 1.23. The molecule has 4 nitrogen and oxygen atoms in total. The zero-order chi connectivity index (χ0) is 11.4. The van der Waals surface area contributed by atoms with Gasteiger partial charge < -0.3 is 10.8 Å². The zero-order valence-corrected chi connectivity index (χ0v) is 8.23. The second-order valence-electron chi connectivity index (χ2n) is 3.04. The van der Waals surface area contributed by atoms with Crippen LogP contribution in [0.4, 0.5) is 0 Å². The summed E-state index contributed by atoms with van der Waals surface area (Å²) in [6, 6.07) is 8.41. The summed E-state index contributed by atoms with van der Waals surface area (Å²) < 4.78 is 0. The Kier molecular flexibility index (Phi) is 3.23. The highest BCUT2D eigenvalue weighted by atomic mass is 16.4. The molecule has 0 spiro atoms. The van der Waals surface area contributed by atoms with Gasteiger partial charge in [-0.3, -0.25) is 4.79 Å². The van der Waals surface area contributed by atoms with E-state index >= 15 is 0 Å². The molecule has 4 heteroatoms. The van der Waals surface area contributed by atoms with Gasteiger partial charge in [-0.15, -0.1) is 0 Å². The Bertz CT molecular complexity index is 421. The lowest BCUT2D eigenvalue weighted by atomic mass is 10.0. The van der Waals surface area contributed by atoms with Crippen molar-refractivity contribution in [1.29, 1.82) is 0 Å². The highest BCUT2D eigenvalue weighted by molar-refractivity contribution is 6.22. The average molecular weight is 205 g/mol. The normalized spacial score (nSPS) is 11.8. The van der Waals surface area contributed by atoms with E-state index in [0.29, 0.717) is 5.56 Å². The Morgan fingerprint density at radius 3 is 2.13 bits per heavy atom. The van der Waals surface area contributed by atoms with Gasteiger partial charge in [0.05, 0.1) is 5.57 Å². The van der Waals surface area contributed by atoms with E-state index < -0.39 is 11.9 Å². The van der Waals surface area contributed by atoms with Gasteiger partial charge in [0.25, 0.3) is 0 Å². The lowest BCUT2D eigenvalue weighted by Crippen LogP contribution is -2.16. The Labute approximate surface area is 87.0 Å². The van der Waals surface area contributed by atoms with Crippen LogP contribution in [0.3, 0.4) is 0 Å². The Hall–Kier alpha value is -2.10. The fraction of sp³-hybridized carbons (Fsp3) is 0.0909. The van der Waals surface area contributed by atoms with E-state index in [0.717, 1.165) is 0 Å². The van der Waals surface area contributed by atoms with Crippen LogP contribution >= 0.6 is 0 Å². The van der Waals surface area contributed by atoms with Crippen molar-refractivity contribution < 1.29 is 14.7 Å². The van der Waals surface area contributed by atoms with Crippen LogP contribution in [0, 0.1) is 0 Å². The number of carboxylic acid groups (broad SMARTS) is 1. The number of aliphatic carboxylic acids is 1. The molecule has 0 aliphatic carbocycles.